The van der Waals surface area contributed by atoms with E-state index < -0.39 is 11.6 Å². The van der Waals surface area contributed by atoms with Crippen LogP contribution < -0.4 is 0 Å². The molecule has 8 heteroatoms. The molecular formula is C23H24FN3O4. The Kier molecular flexibility index (Phi) is 5.16. The summed E-state index contributed by atoms with van der Waals surface area (Å²) in [6.45, 7) is 6.42. The Morgan fingerprint density at radius 1 is 1.19 bits per heavy atom. The van der Waals surface area contributed by atoms with E-state index in [1.165, 1.54) is 17.0 Å². The van der Waals surface area contributed by atoms with Gasteiger partial charge in [0.05, 0.1) is 11.2 Å². The average molecular weight is 425 g/mol. The Morgan fingerprint density at radius 2 is 1.90 bits per heavy atom. The second kappa shape index (κ2) is 7.68. The number of carbonyl (C=O) groups is 2. The van der Waals surface area contributed by atoms with Crippen LogP contribution >= 0.6 is 0 Å². The quantitative estimate of drug-likeness (QED) is 0.672. The largest absolute Gasteiger partial charge is 0.465 e. The maximum atomic E-state index is 13.3. The number of nitrogens with zero attached hydrogens (tertiary/aromatic N) is 3. The lowest BCUT2D eigenvalue weighted by molar-refractivity contribution is 0.0179. The number of halogens is 1. The number of carboxylic acid groups (broad SMARTS) is 1. The van der Waals surface area contributed by atoms with Crippen molar-refractivity contribution in [3.63, 3.8) is 0 Å². The van der Waals surface area contributed by atoms with Crippen molar-refractivity contribution < 1.29 is 23.5 Å². The Hall–Kier alpha value is -3.42. The van der Waals surface area contributed by atoms with Crippen LogP contribution in [0.3, 0.4) is 0 Å². The molecule has 31 heavy (non-hydrogen) atoms. The fourth-order valence-corrected chi connectivity index (χ4v) is 4.05. The highest BCUT2D eigenvalue weighted by Gasteiger charge is 2.39. The number of piperazine rings is 1. The topological polar surface area (TPSA) is 86.9 Å². The molecule has 0 radical (unpaired) electrons. The molecule has 0 aliphatic carbocycles. The summed E-state index contributed by atoms with van der Waals surface area (Å²) >= 11 is 0. The third-order valence-electron chi connectivity index (χ3n) is 5.71. The van der Waals surface area contributed by atoms with Crippen LogP contribution in [-0.4, -0.2) is 57.1 Å². The van der Waals surface area contributed by atoms with Crippen molar-refractivity contribution in [3.8, 4) is 11.3 Å². The summed E-state index contributed by atoms with van der Waals surface area (Å²) in [5, 5.41) is 9.28. The molecule has 1 aromatic carbocycles. The third-order valence-corrected chi connectivity index (χ3v) is 5.71. The first-order chi connectivity index (χ1) is 14.7. The molecule has 3 aromatic rings. The number of hydrogen-bond acceptors (Lipinski definition) is 4. The van der Waals surface area contributed by atoms with Crippen molar-refractivity contribution in [1.82, 2.24) is 14.8 Å². The van der Waals surface area contributed by atoms with Crippen molar-refractivity contribution in [2.24, 2.45) is 0 Å². The van der Waals surface area contributed by atoms with Crippen molar-refractivity contribution >= 4 is 23.1 Å². The summed E-state index contributed by atoms with van der Waals surface area (Å²) in [5.74, 6) is -0.439. The van der Waals surface area contributed by atoms with E-state index in [1.807, 2.05) is 26.8 Å². The number of aryl methyl sites for hydroxylation is 1. The Balaban J connectivity index is 1.69. The molecule has 1 saturated heterocycles. The number of amides is 2. The summed E-state index contributed by atoms with van der Waals surface area (Å²) in [4.78, 5) is 32.2. The Labute approximate surface area is 179 Å². The lowest BCUT2D eigenvalue weighted by Gasteiger charge is -2.45. The summed E-state index contributed by atoms with van der Waals surface area (Å²) in [6, 6.07) is 9.62. The molecule has 1 N–H and O–H groups in total. The van der Waals surface area contributed by atoms with Gasteiger partial charge in [-0.1, -0.05) is 6.92 Å². The van der Waals surface area contributed by atoms with Crippen molar-refractivity contribution in [2.75, 3.05) is 19.6 Å². The lowest BCUT2D eigenvalue weighted by Crippen LogP contribution is -2.61. The van der Waals surface area contributed by atoms with Crippen LogP contribution in [0.2, 0.25) is 0 Å². The van der Waals surface area contributed by atoms with Gasteiger partial charge in [0, 0.05) is 31.3 Å². The Bertz CT molecular complexity index is 1150. The van der Waals surface area contributed by atoms with Crippen LogP contribution in [0.15, 0.2) is 40.8 Å². The zero-order valence-electron chi connectivity index (χ0n) is 17.7. The van der Waals surface area contributed by atoms with E-state index in [2.05, 4.69) is 4.98 Å². The second-order valence-electron chi connectivity index (χ2n) is 8.33. The van der Waals surface area contributed by atoms with Gasteiger partial charge in [0.25, 0.3) is 5.91 Å². The van der Waals surface area contributed by atoms with Crippen molar-refractivity contribution in [2.45, 2.75) is 32.7 Å². The lowest BCUT2D eigenvalue weighted by atomic mass is 9.98. The van der Waals surface area contributed by atoms with E-state index in [0.29, 0.717) is 23.2 Å². The molecule has 3 heterocycles. The van der Waals surface area contributed by atoms with Gasteiger partial charge in [-0.05, 0) is 56.2 Å². The maximum absolute atomic E-state index is 13.3. The smallest absolute Gasteiger partial charge is 0.407 e. The first-order valence-electron chi connectivity index (χ1n) is 10.2. The molecule has 2 amide bonds. The number of fused-ring (bicyclic) bond motifs is 1. The number of rotatable bonds is 3. The normalized spacial score (nSPS) is 16.0. The molecule has 0 bridgehead atoms. The van der Waals surface area contributed by atoms with Gasteiger partial charge in [0.2, 0.25) is 0 Å². The van der Waals surface area contributed by atoms with E-state index in [0.717, 1.165) is 11.1 Å². The SMILES string of the molecule is CCc1cc(-c2ccc(F)cc2)nc2cc(C(=O)N3CCN(C(=O)O)CC3(C)C)oc12. The molecule has 0 atom stereocenters. The van der Waals surface area contributed by atoms with Crippen LogP contribution in [-0.2, 0) is 6.42 Å². The van der Waals surface area contributed by atoms with Gasteiger partial charge < -0.3 is 19.3 Å². The molecule has 1 aliphatic rings. The number of hydrogen-bond donors (Lipinski definition) is 1. The molecule has 2 aromatic heterocycles. The number of carbonyl (C=O) groups excluding carboxylic acids is 1. The molecule has 1 fully saturated rings. The van der Waals surface area contributed by atoms with Crippen LogP contribution in [0.1, 0.15) is 36.9 Å². The van der Waals surface area contributed by atoms with E-state index >= 15 is 0 Å². The predicted octanol–water partition coefficient (Wildman–Crippen LogP) is 4.41. The maximum Gasteiger partial charge on any atom is 0.407 e. The third kappa shape index (κ3) is 3.85. The minimum atomic E-state index is -0.992. The average Bonchev–Trinajstić information content (AvgIpc) is 3.16. The fourth-order valence-electron chi connectivity index (χ4n) is 4.05. The van der Waals surface area contributed by atoms with Crippen LogP contribution in [0, 0.1) is 5.82 Å². The zero-order valence-corrected chi connectivity index (χ0v) is 17.7. The van der Waals surface area contributed by atoms with E-state index in [4.69, 9.17) is 4.42 Å². The van der Waals surface area contributed by atoms with Gasteiger partial charge in [-0.3, -0.25) is 4.79 Å². The number of furan rings is 1. The number of benzene rings is 1. The van der Waals surface area contributed by atoms with Crippen molar-refractivity contribution in [1.29, 1.82) is 0 Å². The molecule has 162 valence electrons. The molecule has 0 spiro atoms. The number of aromatic nitrogens is 1. The van der Waals surface area contributed by atoms with Gasteiger partial charge in [-0.25, -0.2) is 14.2 Å². The number of pyridine rings is 1. The second-order valence-corrected chi connectivity index (χ2v) is 8.33. The van der Waals surface area contributed by atoms with Crippen molar-refractivity contribution in [3.05, 3.63) is 53.5 Å². The van der Waals surface area contributed by atoms with Gasteiger partial charge in [0.15, 0.2) is 11.3 Å². The summed E-state index contributed by atoms with van der Waals surface area (Å²) < 4.78 is 19.2. The van der Waals surface area contributed by atoms with Gasteiger partial charge in [-0.15, -0.1) is 0 Å². The monoisotopic (exact) mass is 425 g/mol. The standard InChI is InChI=1S/C23H24FN3O4/c1-4-14-11-17(15-5-7-16(24)8-6-15)25-18-12-19(31-20(14)18)21(28)27-10-9-26(22(29)30)13-23(27,2)3/h5-8,11-12H,4,9-10,13H2,1-3H3,(H,29,30). The molecule has 0 saturated carbocycles. The van der Waals surface area contributed by atoms with Gasteiger partial charge in [-0.2, -0.15) is 0 Å². The predicted molar refractivity (Wildman–Crippen MR) is 113 cm³/mol. The summed E-state index contributed by atoms with van der Waals surface area (Å²) in [7, 11) is 0. The first kappa shape index (κ1) is 20.8. The van der Waals surface area contributed by atoms with Crippen LogP contribution in [0.5, 0.6) is 0 Å². The molecule has 7 nitrogen and oxygen atoms in total. The van der Waals surface area contributed by atoms with E-state index in [1.54, 1.807) is 23.1 Å². The summed E-state index contributed by atoms with van der Waals surface area (Å²) in [6.07, 6.45) is -0.314. The molecular weight excluding hydrogens is 401 g/mol. The van der Waals surface area contributed by atoms with Gasteiger partial charge in [0.1, 0.15) is 11.3 Å². The first-order valence-corrected chi connectivity index (χ1v) is 10.2. The molecule has 1 aliphatic heterocycles. The van der Waals surface area contributed by atoms with Crippen LogP contribution in [0.4, 0.5) is 9.18 Å². The minimum absolute atomic E-state index is 0.172. The zero-order chi connectivity index (χ0) is 22.3. The minimum Gasteiger partial charge on any atom is -0.465 e. The molecule has 0 unspecified atom stereocenters. The van der Waals surface area contributed by atoms with E-state index in [9.17, 15) is 19.1 Å². The Morgan fingerprint density at radius 3 is 2.52 bits per heavy atom. The van der Waals surface area contributed by atoms with Crippen LogP contribution in [0.25, 0.3) is 22.4 Å². The van der Waals surface area contributed by atoms with E-state index in [-0.39, 0.29) is 37.1 Å². The summed E-state index contributed by atoms with van der Waals surface area (Å²) in [5.41, 5.74) is 2.80. The fraction of sp³-hybridized carbons (Fsp3) is 0.348. The highest BCUT2D eigenvalue weighted by molar-refractivity contribution is 5.96. The molecule has 4 rings (SSSR count). The van der Waals surface area contributed by atoms with Gasteiger partial charge >= 0.3 is 6.09 Å². The highest BCUT2D eigenvalue weighted by atomic mass is 19.1. The highest BCUT2D eigenvalue weighted by Crippen LogP contribution is 2.30.